The topological polar surface area (TPSA) is 92.1 Å². The first-order valence-corrected chi connectivity index (χ1v) is 9.34. The molecule has 0 radical (unpaired) electrons. The number of esters is 1. The van der Waals surface area contributed by atoms with Crippen LogP contribution in [-0.2, 0) is 16.0 Å². The molecule has 0 aliphatic heterocycles. The highest BCUT2D eigenvalue weighted by atomic mass is 16.5. The van der Waals surface area contributed by atoms with E-state index in [0.29, 0.717) is 34.1 Å². The first kappa shape index (κ1) is 20.0. The SMILES string of the molecule is CCc1nc2ccccc2c(C(=O)O[C@H](C)C(=O)Nc2cccc(C#N)c2)c1C. The molecule has 0 bridgehead atoms. The normalized spacial score (nSPS) is 11.5. The number of aryl methyl sites for hydroxylation is 1. The van der Waals surface area contributed by atoms with E-state index in [4.69, 9.17) is 10.00 Å². The number of carbonyl (C=O) groups is 2. The van der Waals surface area contributed by atoms with Gasteiger partial charge in [-0.2, -0.15) is 5.26 Å². The second kappa shape index (κ2) is 8.53. The third-order valence-electron chi connectivity index (χ3n) is 4.69. The molecule has 0 spiro atoms. The van der Waals surface area contributed by atoms with Crippen molar-refractivity contribution in [2.24, 2.45) is 0 Å². The molecule has 1 heterocycles. The summed E-state index contributed by atoms with van der Waals surface area (Å²) in [7, 11) is 0. The molecule has 0 unspecified atom stereocenters. The van der Waals surface area contributed by atoms with E-state index in [1.54, 1.807) is 24.3 Å². The second-order valence-electron chi connectivity index (χ2n) is 6.66. The summed E-state index contributed by atoms with van der Waals surface area (Å²) in [6.45, 7) is 5.33. The van der Waals surface area contributed by atoms with Crippen molar-refractivity contribution >= 4 is 28.5 Å². The lowest BCUT2D eigenvalue weighted by molar-refractivity contribution is -0.123. The van der Waals surface area contributed by atoms with Crippen molar-refractivity contribution in [1.82, 2.24) is 4.98 Å². The van der Waals surface area contributed by atoms with E-state index in [2.05, 4.69) is 10.3 Å². The van der Waals surface area contributed by atoms with Gasteiger partial charge in [0, 0.05) is 16.8 Å². The van der Waals surface area contributed by atoms with E-state index in [0.717, 1.165) is 11.3 Å². The van der Waals surface area contributed by atoms with Crippen LogP contribution in [0.1, 0.15) is 41.0 Å². The summed E-state index contributed by atoms with van der Waals surface area (Å²) in [4.78, 5) is 30.0. The van der Waals surface area contributed by atoms with Gasteiger partial charge in [-0.15, -0.1) is 0 Å². The number of nitrogens with zero attached hydrogens (tertiary/aromatic N) is 2. The number of aromatic nitrogens is 1. The highest BCUT2D eigenvalue weighted by molar-refractivity contribution is 6.06. The van der Waals surface area contributed by atoms with Crippen LogP contribution in [0.2, 0.25) is 0 Å². The zero-order valence-electron chi connectivity index (χ0n) is 16.5. The Hall–Kier alpha value is -3.72. The number of anilines is 1. The van der Waals surface area contributed by atoms with E-state index < -0.39 is 18.0 Å². The molecular formula is C23H21N3O3. The zero-order valence-corrected chi connectivity index (χ0v) is 16.5. The monoisotopic (exact) mass is 387 g/mol. The Kier molecular flexibility index (Phi) is 5.89. The van der Waals surface area contributed by atoms with Crippen molar-refractivity contribution in [3.05, 3.63) is 70.9 Å². The zero-order chi connectivity index (χ0) is 21.0. The molecule has 0 saturated heterocycles. The van der Waals surface area contributed by atoms with E-state index in [-0.39, 0.29) is 0 Å². The number of ether oxygens (including phenoxy) is 1. The number of nitrogens with one attached hydrogen (secondary N) is 1. The average Bonchev–Trinajstić information content (AvgIpc) is 2.73. The maximum Gasteiger partial charge on any atom is 0.339 e. The number of pyridine rings is 1. The van der Waals surface area contributed by atoms with Gasteiger partial charge in [-0.3, -0.25) is 9.78 Å². The van der Waals surface area contributed by atoms with E-state index in [1.165, 1.54) is 6.92 Å². The minimum Gasteiger partial charge on any atom is -0.449 e. The molecule has 0 saturated carbocycles. The van der Waals surface area contributed by atoms with Gasteiger partial charge in [0.15, 0.2) is 6.10 Å². The van der Waals surface area contributed by atoms with Gasteiger partial charge in [-0.1, -0.05) is 31.2 Å². The van der Waals surface area contributed by atoms with Gasteiger partial charge < -0.3 is 10.1 Å². The van der Waals surface area contributed by atoms with Crippen molar-refractivity contribution in [3.63, 3.8) is 0 Å². The Morgan fingerprint density at radius 1 is 1.21 bits per heavy atom. The smallest absolute Gasteiger partial charge is 0.339 e. The molecule has 0 aliphatic rings. The van der Waals surface area contributed by atoms with E-state index in [9.17, 15) is 9.59 Å². The average molecular weight is 387 g/mol. The fraction of sp³-hybridized carbons (Fsp3) is 0.217. The molecule has 1 amide bonds. The Morgan fingerprint density at radius 2 is 1.97 bits per heavy atom. The van der Waals surface area contributed by atoms with Gasteiger partial charge in [0.05, 0.1) is 22.7 Å². The number of nitriles is 1. The van der Waals surface area contributed by atoms with E-state index >= 15 is 0 Å². The lowest BCUT2D eigenvalue weighted by atomic mass is 10.0. The number of fused-ring (bicyclic) bond motifs is 1. The first-order chi connectivity index (χ1) is 13.9. The van der Waals surface area contributed by atoms with Gasteiger partial charge in [-0.25, -0.2) is 4.79 Å². The highest BCUT2D eigenvalue weighted by Gasteiger charge is 2.23. The minimum absolute atomic E-state index is 0.429. The maximum absolute atomic E-state index is 12.9. The molecule has 1 N–H and O–H groups in total. The molecular weight excluding hydrogens is 366 g/mol. The summed E-state index contributed by atoms with van der Waals surface area (Å²) in [6.07, 6.45) is -0.327. The van der Waals surface area contributed by atoms with Crippen LogP contribution < -0.4 is 5.32 Å². The Balaban J connectivity index is 1.83. The molecule has 1 atom stereocenters. The summed E-state index contributed by atoms with van der Waals surface area (Å²) < 4.78 is 5.47. The summed E-state index contributed by atoms with van der Waals surface area (Å²) in [5, 5.41) is 12.3. The Bertz CT molecular complexity index is 1130. The number of rotatable bonds is 5. The molecule has 29 heavy (non-hydrogen) atoms. The Morgan fingerprint density at radius 3 is 2.69 bits per heavy atom. The van der Waals surface area contributed by atoms with Crippen LogP contribution in [0.4, 0.5) is 5.69 Å². The lowest BCUT2D eigenvalue weighted by Crippen LogP contribution is -2.30. The minimum atomic E-state index is -1.01. The van der Waals surface area contributed by atoms with Crippen LogP contribution in [0.3, 0.4) is 0 Å². The fourth-order valence-electron chi connectivity index (χ4n) is 3.15. The number of amides is 1. The van der Waals surface area contributed by atoms with Crippen LogP contribution in [0.25, 0.3) is 10.9 Å². The van der Waals surface area contributed by atoms with Crippen LogP contribution in [-0.4, -0.2) is 23.0 Å². The quantitative estimate of drug-likeness (QED) is 0.664. The van der Waals surface area contributed by atoms with E-state index in [1.807, 2.05) is 44.2 Å². The number of hydrogen-bond acceptors (Lipinski definition) is 5. The summed E-state index contributed by atoms with van der Waals surface area (Å²) in [5.74, 6) is -1.04. The summed E-state index contributed by atoms with van der Waals surface area (Å²) >= 11 is 0. The predicted molar refractivity (Wildman–Crippen MR) is 111 cm³/mol. The van der Waals surface area contributed by atoms with Crippen molar-refractivity contribution in [3.8, 4) is 6.07 Å². The predicted octanol–water partition coefficient (Wildman–Crippen LogP) is 4.16. The van der Waals surface area contributed by atoms with Crippen LogP contribution in [0.5, 0.6) is 0 Å². The second-order valence-corrected chi connectivity index (χ2v) is 6.66. The third-order valence-corrected chi connectivity index (χ3v) is 4.69. The standard InChI is InChI=1S/C23H21N3O3/c1-4-19-14(2)21(18-10-5-6-11-20(18)26-19)23(28)29-15(3)22(27)25-17-9-7-8-16(12-17)13-24/h5-12,15H,4H2,1-3H3,(H,25,27)/t15-/m1/s1. The van der Waals surface area contributed by atoms with Gasteiger partial charge in [-0.05, 0) is 50.1 Å². The van der Waals surface area contributed by atoms with Crippen molar-refractivity contribution in [2.45, 2.75) is 33.3 Å². The van der Waals surface area contributed by atoms with Crippen molar-refractivity contribution < 1.29 is 14.3 Å². The van der Waals surface area contributed by atoms with Crippen molar-refractivity contribution in [2.75, 3.05) is 5.32 Å². The van der Waals surface area contributed by atoms with Crippen LogP contribution in [0.15, 0.2) is 48.5 Å². The molecule has 146 valence electrons. The number of hydrogen-bond donors (Lipinski definition) is 1. The lowest BCUT2D eigenvalue weighted by Gasteiger charge is -2.17. The number of carbonyl (C=O) groups excluding carboxylic acids is 2. The molecule has 3 aromatic rings. The molecule has 6 heteroatoms. The summed E-state index contributed by atoms with van der Waals surface area (Å²) in [6, 6.07) is 15.9. The van der Waals surface area contributed by atoms with Crippen molar-refractivity contribution in [1.29, 1.82) is 5.26 Å². The maximum atomic E-state index is 12.9. The third kappa shape index (κ3) is 4.25. The highest BCUT2D eigenvalue weighted by Crippen LogP contribution is 2.25. The first-order valence-electron chi connectivity index (χ1n) is 9.34. The van der Waals surface area contributed by atoms with Gasteiger partial charge in [0.2, 0.25) is 0 Å². The number of benzene rings is 2. The summed E-state index contributed by atoms with van der Waals surface area (Å²) in [5.41, 5.74) is 3.62. The molecule has 2 aromatic carbocycles. The molecule has 0 fully saturated rings. The molecule has 1 aromatic heterocycles. The van der Waals surface area contributed by atoms with Gasteiger partial charge in [0.1, 0.15) is 0 Å². The molecule has 6 nitrogen and oxygen atoms in total. The van der Waals surface area contributed by atoms with Gasteiger partial charge >= 0.3 is 5.97 Å². The number of para-hydroxylation sites is 1. The largest absolute Gasteiger partial charge is 0.449 e. The molecule has 0 aliphatic carbocycles. The molecule has 3 rings (SSSR count). The van der Waals surface area contributed by atoms with Crippen LogP contribution in [0, 0.1) is 18.3 Å². The van der Waals surface area contributed by atoms with Crippen LogP contribution >= 0.6 is 0 Å². The fourth-order valence-corrected chi connectivity index (χ4v) is 3.15. The van der Waals surface area contributed by atoms with Gasteiger partial charge in [0.25, 0.3) is 5.91 Å². The Labute approximate surface area is 169 Å².